The maximum absolute atomic E-state index is 5.70. The molecule has 0 fully saturated rings. The van der Waals surface area contributed by atoms with Gasteiger partial charge in [-0.25, -0.2) is 0 Å². The lowest BCUT2D eigenvalue weighted by molar-refractivity contribution is 0.866. The minimum Gasteiger partial charge on any atom is -0.384 e. The van der Waals surface area contributed by atoms with E-state index in [9.17, 15) is 0 Å². The zero-order chi connectivity index (χ0) is 9.80. The highest BCUT2D eigenvalue weighted by atomic mass is 15.0. The van der Waals surface area contributed by atoms with E-state index in [2.05, 4.69) is 22.4 Å². The van der Waals surface area contributed by atoms with Gasteiger partial charge in [-0.1, -0.05) is 30.3 Å². The Morgan fingerprint density at radius 3 is 2.79 bits per heavy atom. The van der Waals surface area contributed by atoms with Crippen LogP contribution in [-0.4, -0.2) is 18.9 Å². The van der Waals surface area contributed by atoms with Crippen LogP contribution in [0.2, 0.25) is 0 Å². The van der Waals surface area contributed by atoms with E-state index in [1.807, 2.05) is 24.3 Å². The third-order valence-corrected chi connectivity index (χ3v) is 2.10. The lowest BCUT2D eigenvalue weighted by Gasteiger charge is -2.07. The van der Waals surface area contributed by atoms with E-state index in [1.54, 1.807) is 0 Å². The Morgan fingerprint density at radius 1 is 1.21 bits per heavy atom. The summed E-state index contributed by atoms with van der Waals surface area (Å²) in [6.07, 6.45) is 1.88. The predicted molar refractivity (Wildman–Crippen MR) is 58.9 cm³/mol. The Balaban J connectivity index is 2.30. The highest BCUT2D eigenvalue weighted by Gasteiger charge is 2.03. The molecule has 0 saturated carbocycles. The molecule has 0 unspecified atom stereocenters. The van der Waals surface area contributed by atoms with Crippen LogP contribution in [0.25, 0.3) is 5.70 Å². The largest absolute Gasteiger partial charge is 0.384 e. The van der Waals surface area contributed by atoms with Crippen molar-refractivity contribution >= 4 is 11.5 Å². The molecule has 3 nitrogen and oxygen atoms in total. The zero-order valence-corrected chi connectivity index (χ0v) is 7.90. The fourth-order valence-corrected chi connectivity index (χ4v) is 1.42. The van der Waals surface area contributed by atoms with Crippen LogP contribution in [0.4, 0.5) is 0 Å². The third-order valence-electron chi connectivity index (χ3n) is 2.10. The third kappa shape index (κ3) is 1.93. The highest BCUT2D eigenvalue weighted by molar-refractivity contribution is 5.98. The van der Waals surface area contributed by atoms with Crippen molar-refractivity contribution in [2.45, 2.75) is 0 Å². The van der Waals surface area contributed by atoms with Crippen LogP contribution in [0.1, 0.15) is 5.56 Å². The molecule has 0 radical (unpaired) electrons. The number of hydrogen-bond donors (Lipinski definition) is 2. The first-order valence-corrected chi connectivity index (χ1v) is 4.67. The maximum Gasteiger partial charge on any atom is 0.120 e. The van der Waals surface area contributed by atoms with Gasteiger partial charge in [-0.15, -0.1) is 0 Å². The van der Waals surface area contributed by atoms with Gasteiger partial charge in [0.05, 0.1) is 6.54 Å². The quantitative estimate of drug-likeness (QED) is 0.688. The summed E-state index contributed by atoms with van der Waals surface area (Å²) in [6, 6.07) is 10.1. The van der Waals surface area contributed by atoms with Crippen molar-refractivity contribution in [2.75, 3.05) is 13.1 Å². The average molecular weight is 187 g/mol. The first kappa shape index (κ1) is 8.81. The van der Waals surface area contributed by atoms with Crippen molar-refractivity contribution in [3.05, 3.63) is 42.0 Å². The van der Waals surface area contributed by atoms with Crippen molar-refractivity contribution in [3.63, 3.8) is 0 Å². The van der Waals surface area contributed by atoms with Crippen LogP contribution in [-0.2, 0) is 0 Å². The molecule has 0 bridgehead atoms. The summed E-state index contributed by atoms with van der Waals surface area (Å²) in [5.74, 6) is 0.592. The molecule has 1 aliphatic rings. The summed E-state index contributed by atoms with van der Waals surface area (Å²) in [4.78, 5) is 4.15. The average Bonchev–Trinajstić information content (AvgIpc) is 2.44. The molecule has 0 aromatic heterocycles. The van der Waals surface area contributed by atoms with E-state index in [0.29, 0.717) is 5.84 Å². The number of nitrogens with two attached hydrogens (primary N) is 1. The van der Waals surface area contributed by atoms with E-state index < -0.39 is 0 Å². The van der Waals surface area contributed by atoms with Crippen LogP contribution in [0.5, 0.6) is 0 Å². The number of nitrogens with one attached hydrogen (secondary N) is 1. The van der Waals surface area contributed by atoms with Crippen molar-refractivity contribution in [1.29, 1.82) is 0 Å². The second-order valence-corrected chi connectivity index (χ2v) is 3.16. The Morgan fingerprint density at radius 2 is 2.00 bits per heavy atom. The minimum atomic E-state index is 0.592. The summed E-state index contributed by atoms with van der Waals surface area (Å²) >= 11 is 0. The second-order valence-electron chi connectivity index (χ2n) is 3.16. The Kier molecular flexibility index (Phi) is 2.49. The van der Waals surface area contributed by atoms with Crippen molar-refractivity contribution in [3.8, 4) is 0 Å². The molecule has 0 amide bonds. The molecule has 1 aliphatic heterocycles. The van der Waals surface area contributed by atoms with Crippen LogP contribution in [0.3, 0.4) is 0 Å². The molecule has 14 heavy (non-hydrogen) atoms. The monoisotopic (exact) mass is 187 g/mol. The van der Waals surface area contributed by atoms with Gasteiger partial charge in [-0.2, -0.15) is 0 Å². The lowest BCUT2D eigenvalue weighted by Crippen LogP contribution is -2.14. The lowest BCUT2D eigenvalue weighted by atomic mass is 10.1. The molecule has 0 aliphatic carbocycles. The first-order chi connectivity index (χ1) is 6.86. The minimum absolute atomic E-state index is 0.592. The molecule has 0 spiro atoms. The first-order valence-electron chi connectivity index (χ1n) is 4.67. The summed E-state index contributed by atoms with van der Waals surface area (Å²) in [5, 5.41) is 3.29. The molecule has 3 heteroatoms. The normalized spacial score (nSPS) is 16.3. The second kappa shape index (κ2) is 3.96. The molecular weight excluding hydrogens is 174 g/mol. The predicted octanol–water partition coefficient (Wildman–Crippen LogP) is 0.988. The van der Waals surface area contributed by atoms with Gasteiger partial charge >= 0.3 is 0 Å². The summed E-state index contributed by atoms with van der Waals surface area (Å²) in [7, 11) is 0. The van der Waals surface area contributed by atoms with Crippen LogP contribution >= 0.6 is 0 Å². The fraction of sp³-hybridized carbons (Fsp3) is 0.182. The van der Waals surface area contributed by atoms with Gasteiger partial charge in [-0.3, -0.25) is 4.99 Å². The van der Waals surface area contributed by atoms with Gasteiger partial charge in [0, 0.05) is 18.3 Å². The Labute approximate surface area is 83.3 Å². The Hall–Kier alpha value is -1.77. The highest BCUT2D eigenvalue weighted by Crippen LogP contribution is 2.11. The van der Waals surface area contributed by atoms with Crippen molar-refractivity contribution < 1.29 is 0 Å². The standard InChI is InChI=1S/C11H13N3/c12-11-8-10(13-6-7-14-11)9-4-2-1-3-5-9/h1-5,8,13H,6-7H2,(H2,12,14). The van der Waals surface area contributed by atoms with Gasteiger partial charge in [0.2, 0.25) is 0 Å². The number of nitrogens with zero attached hydrogens (tertiary/aromatic N) is 1. The number of rotatable bonds is 1. The zero-order valence-electron chi connectivity index (χ0n) is 7.90. The van der Waals surface area contributed by atoms with Crippen LogP contribution in [0.15, 0.2) is 41.4 Å². The molecule has 1 aromatic carbocycles. The maximum atomic E-state index is 5.70. The Bertz CT molecular complexity index is 365. The van der Waals surface area contributed by atoms with Crippen LogP contribution in [0, 0.1) is 0 Å². The number of hydrogen-bond acceptors (Lipinski definition) is 3. The van der Waals surface area contributed by atoms with Gasteiger partial charge in [0.1, 0.15) is 5.84 Å². The van der Waals surface area contributed by atoms with Gasteiger partial charge in [0.15, 0.2) is 0 Å². The summed E-state index contributed by atoms with van der Waals surface area (Å²) in [5.41, 5.74) is 7.89. The molecule has 1 heterocycles. The molecule has 1 aromatic rings. The fourth-order valence-electron chi connectivity index (χ4n) is 1.42. The number of aliphatic imine (C=N–C) groups is 1. The van der Waals surface area contributed by atoms with Gasteiger partial charge < -0.3 is 11.1 Å². The smallest absolute Gasteiger partial charge is 0.120 e. The molecule has 3 N–H and O–H groups in total. The SMILES string of the molecule is NC1=NCCNC(c2ccccc2)=C1. The van der Waals surface area contributed by atoms with Gasteiger partial charge in [-0.05, 0) is 5.56 Å². The summed E-state index contributed by atoms with van der Waals surface area (Å²) < 4.78 is 0. The van der Waals surface area contributed by atoms with E-state index in [1.165, 1.54) is 0 Å². The number of amidine groups is 1. The number of benzene rings is 1. The molecule has 0 atom stereocenters. The van der Waals surface area contributed by atoms with Crippen LogP contribution < -0.4 is 11.1 Å². The molecule has 72 valence electrons. The topological polar surface area (TPSA) is 50.4 Å². The molecule has 0 saturated heterocycles. The molecule has 2 rings (SSSR count). The van der Waals surface area contributed by atoms with E-state index in [4.69, 9.17) is 5.73 Å². The van der Waals surface area contributed by atoms with Crippen molar-refractivity contribution in [2.24, 2.45) is 10.7 Å². The van der Waals surface area contributed by atoms with E-state index in [0.717, 1.165) is 24.4 Å². The van der Waals surface area contributed by atoms with E-state index >= 15 is 0 Å². The van der Waals surface area contributed by atoms with Crippen molar-refractivity contribution in [1.82, 2.24) is 5.32 Å². The summed E-state index contributed by atoms with van der Waals surface area (Å²) in [6.45, 7) is 1.57. The van der Waals surface area contributed by atoms with E-state index in [-0.39, 0.29) is 0 Å². The molecular formula is C11H13N3. The van der Waals surface area contributed by atoms with Gasteiger partial charge in [0.25, 0.3) is 0 Å².